The number of carbonyl (C=O) groups excluding carboxylic acids is 1. The second-order valence-corrected chi connectivity index (χ2v) is 7.03. The Morgan fingerprint density at radius 3 is 2.56 bits per heavy atom. The van der Waals surface area contributed by atoms with Gasteiger partial charge >= 0.3 is 0 Å². The summed E-state index contributed by atoms with van der Waals surface area (Å²) in [6, 6.07) is 12.5. The molecule has 0 bridgehead atoms. The van der Waals surface area contributed by atoms with Crippen LogP contribution in [0.2, 0.25) is 0 Å². The highest BCUT2D eigenvalue weighted by Crippen LogP contribution is 2.22. The monoisotopic (exact) mass is 336 g/mol. The maximum atomic E-state index is 12.7. The van der Waals surface area contributed by atoms with Gasteiger partial charge in [-0.25, -0.2) is 0 Å². The summed E-state index contributed by atoms with van der Waals surface area (Å²) in [4.78, 5) is 14.6. The summed E-state index contributed by atoms with van der Waals surface area (Å²) in [7, 11) is 0. The Kier molecular flexibility index (Phi) is 4.63. The zero-order valence-corrected chi connectivity index (χ0v) is 14.4. The van der Waals surface area contributed by atoms with Crippen molar-refractivity contribution < 1.29 is 4.79 Å². The van der Waals surface area contributed by atoms with Gasteiger partial charge in [-0.05, 0) is 42.5 Å². The molecule has 1 fully saturated rings. The Morgan fingerprint density at radius 2 is 1.80 bits per heavy atom. The van der Waals surface area contributed by atoms with Gasteiger partial charge in [0.05, 0.1) is 0 Å². The molecule has 1 N–H and O–H groups in total. The average molecular weight is 336 g/mol. The van der Waals surface area contributed by atoms with Crippen LogP contribution in [0.4, 0.5) is 5.82 Å². The predicted octanol–water partition coefficient (Wildman–Crippen LogP) is 3.42. The minimum atomic E-state index is -0.0359. The Labute approximate surface area is 148 Å². The number of nitrogens with one attached hydrogen (secondary N) is 1. The van der Waals surface area contributed by atoms with Gasteiger partial charge in [-0.3, -0.25) is 4.79 Å². The molecule has 4 rings (SSSR count). The first-order valence-electron chi connectivity index (χ1n) is 9.26. The van der Waals surface area contributed by atoms with Crippen molar-refractivity contribution >= 4 is 11.7 Å². The molecule has 1 saturated carbocycles. The van der Waals surface area contributed by atoms with Gasteiger partial charge in [0.2, 0.25) is 0 Å². The predicted molar refractivity (Wildman–Crippen MR) is 97.4 cm³/mol. The third-order valence-corrected chi connectivity index (χ3v) is 5.26. The Hall–Kier alpha value is -2.43. The van der Waals surface area contributed by atoms with Crippen LogP contribution in [0.15, 0.2) is 36.4 Å². The molecule has 1 aromatic heterocycles. The number of aromatic nitrogens is 2. The number of benzene rings is 1. The Morgan fingerprint density at radius 1 is 1.00 bits per heavy atom. The summed E-state index contributed by atoms with van der Waals surface area (Å²) in [6.45, 7) is 1.39. The first kappa shape index (κ1) is 16.1. The van der Waals surface area contributed by atoms with Crippen LogP contribution in [0.1, 0.15) is 53.7 Å². The van der Waals surface area contributed by atoms with Gasteiger partial charge in [-0.2, -0.15) is 0 Å². The maximum Gasteiger partial charge on any atom is 0.274 e. The molecule has 0 radical (unpaired) electrons. The fraction of sp³-hybridized carbons (Fsp3) is 0.450. The number of anilines is 1. The minimum absolute atomic E-state index is 0.0359. The molecule has 25 heavy (non-hydrogen) atoms. The number of carbonyl (C=O) groups is 1. The highest BCUT2D eigenvalue weighted by Gasteiger charge is 2.23. The number of fused-ring (bicyclic) bond motifs is 1. The molecule has 2 aromatic rings. The highest BCUT2D eigenvalue weighted by molar-refractivity contribution is 5.92. The van der Waals surface area contributed by atoms with Crippen LogP contribution >= 0.6 is 0 Å². The summed E-state index contributed by atoms with van der Waals surface area (Å²) >= 11 is 0. The molecule has 0 saturated heterocycles. The first-order valence-corrected chi connectivity index (χ1v) is 9.26. The van der Waals surface area contributed by atoms with E-state index in [1.165, 1.54) is 43.2 Å². The molecule has 2 aliphatic rings. The van der Waals surface area contributed by atoms with Crippen LogP contribution in [-0.2, 0) is 13.0 Å². The van der Waals surface area contributed by atoms with E-state index in [1.54, 1.807) is 6.07 Å². The molecule has 130 valence electrons. The van der Waals surface area contributed by atoms with Gasteiger partial charge in [-0.1, -0.05) is 43.5 Å². The van der Waals surface area contributed by atoms with Crippen LogP contribution in [0.3, 0.4) is 0 Å². The minimum Gasteiger partial charge on any atom is -0.366 e. The molecule has 1 amide bonds. The quantitative estimate of drug-likeness (QED) is 0.933. The van der Waals surface area contributed by atoms with E-state index in [-0.39, 0.29) is 5.91 Å². The maximum absolute atomic E-state index is 12.7. The van der Waals surface area contributed by atoms with Crippen LogP contribution in [0.5, 0.6) is 0 Å². The van der Waals surface area contributed by atoms with Crippen LogP contribution in [-0.4, -0.2) is 33.6 Å². The molecule has 5 heteroatoms. The highest BCUT2D eigenvalue weighted by atomic mass is 16.2. The van der Waals surface area contributed by atoms with Crippen molar-refractivity contribution in [2.24, 2.45) is 0 Å². The van der Waals surface area contributed by atoms with Gasteiger partial charge < -0.3 is 10.2 Å². The van der Waals surface area contributed by atoms with Crippen LogP contribution in [0.25, 0.3) is 0 Å². The molecule has 5 nitrogen and oxygen atoms in total. The molecule has 1 aliphatic carbocycles. The lowest BCUT2D eigenvalue weighted by Crippen LogP contribution is -2.36. The summed E-state index contributed by atoms with van der Waals surface area (Å²) < 4.78 is 0. The van der Waals surface area contributed by atoms with Crippen molar-refractivity contribution in [2.45, 2.75) is 51.1 Å². The lowest BCUT2D eigenvalue weighted by atomic mass is 9.95. The van der Waals surface area contributed by atoms with E-state index in [1.807, 2.05) is 17.0 Å². The standard InChI is InChI=1S/C20H24N4O/c25-20(24-13-12-15-6-4-5-7-16(15)14-24)18-10-11-19(23-22-18)21-17-8-2-1-3-9-17/h4-7,10-11,17H,1-3,8-9,12-14H2,(H,21,23). The van der Waals surface area contributed by atoms with Crippen LogP contribution in [0, 0.1) is 0 Å². The summed E-state index contributed by atoms with van der Waals surface area (Å²) in [5.74, 6) is 0.735. The average Bonchev–Trinajstić information content (AvgIpc) is 2.68. The molecule has 0 spiro atoms. The van der Waals surface area contributed by atoms with E-state index in [2.05, 4.69) is 33.7 Å². The van der Waals surface area contributed by atoms with E-state index < -0.39 is 0 Å². The largest absolute Gasteiger partial charge is 0.366 e. The van der Waals surface area contributed by atoms with Gasteiger partial charge in [0.25, 0.3) is 5.91 Å². The van der Waals surface area contributed by atoms with Gasteiger partial charge in [0.15, 0.2) is 5.69 Å². The number of nitrogens with zero attached hydrogens (tertiary/aromatic N) is 3. The van der Waals surface area contributed by atoms with E-state index in [4.69, 9.17) is 0 Å². The molecule has 0 unspecified atom stereocenters. The number of rotatable bonds is 3. The molecular formula is C20H24N4O. The first-order chi connectivity index (χ1) is 12.3. The lowest BCUT2D eigenvalue weighted by molar-refractivity contribution is 0.0727. The number of hydrogen-bond acceptors (Lipinski definition) is 4. The van der Waals surface area contributed by atoms with Gasteiger partial charge in [0, 0.05) is 19.1 Å². The fourth-order valence-electron chi connectivity index (χ4n) is 3.81. The second kappa shape index (κ2) is 7.21. The molecule has 1 aromatic carbocycles. The van der Waals surface area contributed by atoms with Gasteiger partial charge in [0.1, 0.15) is 5.82 Å². The zero-order chi connectivity index (χ0) is 17.1. The SMILES string of the molecule is O=C(c1ccc(NC2CCCCC2)nn1)N1CCc2ccccc2C1. The third kappa shape index (κ3) is 3.65. The Bertz CT molecular complexity index is 738. The molecule has 2 heterocycles. The lowest BCUT2D eigenvalue weighted by Gasteiger charge is -2.28. The van der Waals surface area contributed by atoms with Crippen molar-refractivity contribution in [1.82, 2.24) is 15.1 Å². The van der Waals surface area contributed by atoms with Crippen molar-refractivity contribution in [3.8, 4) is 0 Å². The number of amides is 1. The normalized spacial score (nSPS) is 17.8. The van der Waals surface area contributed by atoms with Crippen molar-refractivity contribution in [2.75, 3.05) is 11.9 Å². The number of hydrogen-bond donors (Lipinski definition) is 1. The summed E-state index contributed by atoms with van der Waals surface area (Å²) in [6.07, 6.45) is 7.16. The van der Waals surface area contributed by atoms with Gasteiger partial charge in [-0.15, -0.1) is 10.2 Å². The molecule has 0 atom stereocenters. The van der Waals surface area contributed by atoms with Crippen molar-refractivity contribution in [1.29, 1.82) is 0 Å². The fourth-order valence-corrected chi connectivity index (χ4v) is 3.81. The zero-order valence-electron chi connectivity index (χ0n) is 14.4. The van der Waals surface area contributed by atoms with E-state index in [9.17, 15) is 4.79 Å². The summed E-state index contributed by atoms with van der Waals surface area (Å²) in [5, 5.41) is 11.8. The third-order valence-electron chi connectivity index (χ3n) is 5.26. The smallest absolute Gasteiger partial charge is 0.274 e. The van der Waals surface area contributed by atoms with Crippen LogP contribution < -0.4 is 5.32 Å². The Balaban J connectivity index is 1.41. The van der Waals surface area contributed by atoms with E-state index in [0.717, 1.165) is 18.8 Å². The van der Waals surface area contributed by atoms with E-state index in [0.29, 0.717) is 18.3 Å². The molecule has 1 aliphatic heterocycles. The topological polar surface area (TPSA) is 58.1 Å². The van der Waals surface area contributed by atoms with Crippen molar-refractivity contribution in [3.63, 3.8) is 0 Å². The van der Waals surface area contributed by atoms with E-state index >= 15 is 0 Å². The van der Waals surface area contributed by atoms with Crippen molar-refractivity contribution in [3.05, 3.63) is 53.2 Å². The summed E-state index contributed by atoms with van der Waals surface area (Å²) in [5.41, 5.74) is 2.99. The second-order valence-electron chi connectivity index (χ2n) is 7.03. The molecular weight excluding hydrogens is 312 g/mol.